The van der Waals surface area contributed by atoms with Gasteiger partial charge in [-0.1, -0.05) is 12.1 Å². The Morgan fingerprint density at radius 2 is 2.26 bits per heavy atom. The number of ether oxygens (including phenoxy) is 3. The lowest BCUT2D eigenvalue weighted by molar-refractivity contribution is -0.172. The Bertz CT molecular complexity index is 559. The number of rotatable bonds is 5. The smallest absolute Gasteiger partial charge is 0.252 e. The molecule has 1 aromatic rings. The number of hydrogen-bond donors (Lipinski definition) is 0. The molecule has 2 atom stereocenters. The van der Waals surface area contributed by atoms with Crippen molar-refractivity contribution in [3.63, 3.8) is 0 Å². The Balaban J connectivity index is 1.54. The van der Waals surface area contributed by atoms with Crippen LogP contribution >= 0.6 is 0 Å². The Hall–Kier alpha value is -1.51. The molecule has 0 bridgehead atoms. The second-order valence-corrected chi connectivity index (χ2v) is 6.49. The van der Waals surface area contributed by atoms with Crippen LogP contribution in [-0.4, -0.2) is 65.1 Å². The first-order valence-corrected chi connectivity index (χ1v) is 7.93. The molecule has 3 heterocycles. The highest BCUT2D eigenvalue weighted by Gasteiger charge is 2.45. The number of nitrogens with zero attached hydrogens (tertiary/aromatic N) is 3. The van der Waals surface area contributed by atoms with Gasteiger partial charge < -0.3 is 23.6 Å². The number of amides is 1. The number of hydrogen-bond acceptors (Lipinski definition) is 7. The zero-order valence-electron chi connectivity index (χ0n) is 13.8. The molecule has 0 spiro atoms. The van der Waals surface area contributed by atoms with Crippen molar-refractivity contribution in [1.82, 2.24) is 15.0 Å². The molecule has 2 fully saturated rings. The van der Waals surface area contributed by atoms with Crippen LogP contribution in [0, 0.1) is 0 Å². The van der Waals surface area contributed by atoms with Gasteiger partial charge in [-0.15, -0.1) is 0 Å². The van der Waals surface area contributed by atoms with E-state index < -0.39 is 0 Å². The fourth-order valence-corrected chi connectivity index (χ4v) is 2.98. The van der Waals surface area contributed by atoms with Crippen LogP contribution in [0.25, 0.3) is 0 Å². The third-order valence-corrected chi connectivity index (χ3v) is 4.02. The van der Waals surface area contributed by atoms with Gasteiger partial charge in [0.1, 0.15) is 19.3 Å². The van der Waals surface area contributed by atoms with Gasteiger partial charge in [-0.2, -0.15) is 4.98 Å². The van der Waals surface area contributed by atoms with Crippen LogP contribution in [0.4, 0.5) is 0 Å². The minimum absolute atomic E-state index is 0.0247. The van der Waals surface area contributed by atoms with E-state index in [1.165, 1.54) is 0 Å². The number of carbonyl (C=O) groups excluding carboxylic acids is 1. The third kappa shape index (κ3) is 3.70. The van der Waals surface area contributed by atoms with E-state index in [4.69, 9.17) is 18.7 Å². The van der Waals surface area contributed by atoms with E-state index in [2.05, 4.69) is 10.1 Å². The van der Waals surface area contributed by atoms with Gasteiger partial charge in [0.2, 0.25) is 5.91 Å². The van der Waals surface area contributed by atoms with E-state index in [-0.39, 0.29) is 36.9 Å². The van der Waals surface area contributed by atoms with E-state index in [1.807, 2.05) is 25.7 Å². The molecule has 0 aliphatic carbocycles. The van der Waals surface area contributed by atoms with E-state index >= 15 is 0 Å². The second kappa shape index (κ2) is 6.54. The summed E-state index contributed by atoms with van der Waals surface area (Å²) < 4.78 is 21.9. The third-order valence-electron chi connectivity index (χ3n) is 4.02. The molecule has 1 amide bonds. The number of aromatic nitrogens is 2. The average molecular weight is 325 g/mol. The topological polar surface area (TPSA) is 86.9 Å². The van der Waals surface area contributed by atoms with Crippen molar-refractivity contribution < 1.29 is 23.5 Å². The van der Waals surface area contributed by atoms with Crippen molar-refractivity contribution in [1.29, 1.82) is 0 Å². The molecular weight excluding hydrogens is 302 g/mol. The van der Waals surface area contributed by atoms with Gasteiger partial charge in [-0.3, -0.25) is 4.79 Å². The Morgan fingerprint density at radius 3 is 3.00 bits per heavy atom. The fraction of sp³-hybridized carbons (Fsp3) is 0.800. The van der Waals surface area contributed by atoms with Gasteiger partial charge >= 0.3 is 0 Å². The number of aryl methyl sites for hydroxylation is 1. The van der Waals surface area contributed by atoms with Crippen LogP contribution in [-0.2, 0) is 32.0 Å². The molecule has 23 heavy (non-hydrogen) atoms. The molecule has 2 saturated heterocycles. The molecule has 128 valence electrons. The summed E-state index contributed by atoms with van der Waals surface area (Å²) in [5.41, 5.74) is -0.382. The predicted octanol–water partition coefficient (Wildman–Crippen LogP) is 0.553. The van der Waals surface area contributed by atoms with E-state index in [0.717, 1.165) is 0 Å². The molecule has 0 radical (unpaired) electrons. The lowest BCUT2D eigenvalue weighted by Crippen LogP contribution is -2.60. The minimum atomic E-state index is -0.382. The first kappa shape index (κ1) is 16.4. The van der Waals surface area contributed by atoms with E-state index in [9.17, 15) is 4.79 Å². The number of carbonyl (C=O) groups is 1. The summed E-state index contributed by atoms with van der Waals surface area (Å²) in [6.07, 6.45) is 0.639. The van der Waals surface area contributed by atoms with Crippen LogP contribution in [0.2, 0.25) is 0 Å². The molecule has 0 saturated carbocycles. The lowest BCUT2D eigenvalue weighted by Gasteiger charge is -2.45. The van der Waals surface area contributed by atoms with Crippen molar-refractivity contribution in [3.8, 4) is 0 Å². The summed E-state index contributed by atoms with van der Waals surface area (Å²) in [5.74, 6) is 0.951. The lowest BCUT2D eigenvalue weighted by atomic mass is 10.0. The number of morpholine rings is 1. The van der Waals surface area contributed by atoms with Crippen LogP contribution in [0.5, 0.6) is 0 Å². The zero-order valence-corrected chi connectivity index (χ0v) is 13.8. The van der Waals surface area contributed by atoms with Crippen molar-refractivity contribution in [2.75, 3.05) is 26.4 Å². The summed E-state index contributed by atoms with van der Waals surface area (Å²) in [6, 6.07) is -0.0331. The molecule has 2 aliphatic heterocycles. The summed E-state index contributed by atoms with van der Waals surface area (Å²) in [4.78, 5) is 18.5. The largest absolute Gasteiger partial charge is 0.376 e. The quantitative estimate of drug-likeness (QED) is 0.781. The first-order chi connectivity index (χ1) is 11.0. The van der Waals surface area contributed by atoms with Crippen molar-refractivity contribution in [2.24, 2.45) is 0 Å². The maximum absolute atomic E-state index is 12.5. The maximum atomic E-state index is 12.5. The van der Waals surface area contributed by atoms with Crippen LogP contribution in [0.3, 0.4) is 0 Å². The van der Waals surface area contributed by atoms with Gasteiger partial charge in [0.25, 0.3) is 5.89 Å². The Kier molecular flexibility index (Phi) is 4.65. The SMILES string of the molecule is CCc1noc(COCC(=O)N2CC(C)(C)O[C@@H]3COC[C@H]32)n1. The van der Waals surface area contributed by atoms with E-state index in [0.29, 0.717) is 37.9 Å². The first-order valence-electron chi connectivity index (χ1n) is 7.93. The standard InChI is InChI=1S/C15H23N3O5/c1-4-12-16-13(23-17-12)7-21-8-14(19)18-9-15(2,3)22-11-6-20-5-10(11)18/h10-11H,4-9H2,1-3H3/t10-,11-/m1/s1. The minimum Gasteiger partial charge on any atom is -0.376 e. The second-order valence-electron chi connectivity index (χ2n) is 6.49. The Labute approximate surface area is 135 Å². The molecule has 8 nitrogen and oxygen atoms in total. The van der Waals surface area contributed by atoms with Crippen LogP contribution < -0.4 is 0 Å². The molecule has 1 aromatic heterocycles. The van der Waals surface area contributed by atoms with Crippen molar-refractivity contribution in [2.45, 2.75) is 51.5 Å². The Morgan fingerprint density at radius 1 is 1.43 bits per heavy atom. The summed E-state index contributed by atoms with van der Waals surface area (Å²) in [5, 5.41) is 3.79. The predicted molar refractivity (Wildman–Crippen MR) is 78.6 cm³/mol. The molecule has 2 aliphatic rings. The summed E-state index contributed by atoms with van der Waals surface area (Å²) in [6.45, 7) is 7.58. The van der Waals surface area contributed by atoms with E-state index in [1.54, 1.807) is 0 Å². The fourth-order valence-electron chi connectivity index (χ4n) is 2.98. The van der Waals surface area contributed by atoms with Crippen molar-refractivity contribution in [3.05, 3.63) is 11.7 Å². The monoisotopic (exact) mass is 325 g/mol. The highest BCUT2D eigenvalue weighted by Crippen LogP contribution is 2.29. The van der Waals surface area contributed by atoms with Gasteiger partial charge in [-0.05, 0) is 13.8 Å². The summed E-state index contributed by atoms with van der Waals surface area (Å²) in [7, 11) is 0. The molecule has 3 rings (SSSR count). The normalized spacial score (nSPS) is 26.3. The highest BCUT2D eigenvalue weighted by atomic mass is 16.6. The average Bonchev–Trinajstić information content (AvgIpc) is 3.13. The molecule has 0 unspecified atom stereocenters. The molecule has 8 heteroatoms. The van der Waals surface area contributed by atoms with Gasteiger partial charge in [-0.25, -0.2) is 0 Å². The van der Waals surface area contributed by atoms with Gasteiger partial charge in [0.15, 0.2) is 5.82 Å². The zero-order chi connectivity index (χ0) is 16.4. The summed E-state index contributed by atoms with van der Waals surface area (Å²) >= 11 is 0. The highest BCUT2D eigenvalue weighted by molar-refractivity contribution is 5.78. The van der Waals surface area contributed by atoms with Crippen LogP contribution in [0.15, 0.2) is 4.52 Å². The molecule has 0 N–H and O–H groups in total. The molecular formula is C15H23N3O5. The van der Waals surface area contributed by atoms with Gasteiger partial charge in [0, 0.05) is 13.0 Å². The maximum Gasteiger partial charge on any atom is 0.252 e. The molecule has 0 aromatic carbocycles. The van der Waals surface area contributed by atoms with Crippen molar-refractivity contribution >= 4 is 5.91 Å². The van der Waals surface area contributed by atoms with Gasteiger partial charge in [0.05, 0.1) is 24.9 Å². The number of fused-ring (bicyclic) bond motifs is 1. The van der Waals surface area contributed by atoms with Crippen LogP contribution in [0.1, 0.15) is 32.5 Å².